The summed E-state index contributed by atoms with van der Waals surface area (Å²) in [5.41, 5.74) is 4.79. The van der Waals surface area contributed by atoms with Crippen molar-refractivity contribution in [2.24, 2.45) is 0 Å². The molecule has 2 rings (SSSR count). The van der Waals surface area contributed by atoms with Crippen molar-refractivity contribution in [3.8, 4) is 11.4 Å². The Morgan fingerprint density at radius 1 is 1.25 bits per heavy atom. The van der Waals surface area contributed by atoms with Gasteiger partial charge >= 0.3 is 0 Å². The van der Waals surface area contributed by atoms with Crippen LogP contribution in [0.3, 0.4) is 0 Å². The molecule has 3 nitrogen and oxygen atoms in total. The zero-order valence-corrected chi connectivity index (χ0v) is 15.3. The molecule has 0 spiro atoms. The third-order valence-electron chi connectivity index (χ3n) is 4.62. The van der Waals surface area contributed by atoms with Crippen LogP contribution in [0.2, 0.25) is 0 Å². The number of carbonyl (C=O) groups is 1. The Hall–Kier alpha value is -2.29. The Morgan fingerprint density at radius 2 is 1.96 bits per heavy atom. The van der Waals surface area contributed by atoms with Gasteiger partial charge in [0.15, 0.2) is 6.29 Å². The molecular weight excluding hydrogens is 298 g/mol. The molecule has 1 heterocycles. The fourth-order valence-electron chi connectivity index (χ4n) is 3.11. The summed E-state index contributed by atoms with van der Waals surface area (Å²) in [7, 11) is 0. The van der Waals surface area contributed by atoms with Crippen molar-refractivity contribution in [2.45, 2.75) is 53.9 Å². The van der Waals surface area contributed by atoms with Crippen molar-refractivity contribution in [2.75, 3.05) is 0 Å². The first-order valence-electron chi connectivity index (χ1n) is 8.62. The van der Waals surface area contributed by atoms with Gasteiger partial charge in [-0.2, -0.15) is 0 Å². The maximum Gasteiger partial charge on any atom is 0.152 e. The molecule has 0 amide bonds. The molecule has 0 atom stereocenters. The molecule has 0 bridgehead atoms. The summed E-state index contributed by atoms with van der Waals surface area (Å²) in [6, 6.07) is 3.64. The van der Waals surface area contributed by atoms with Crippen LogP contribution in [0, 0.1) is 13.8 Å². The molecule has 0 saturated carbocycles. The number of aromatic nitrogens is 1. The summed E-state index contributed by atoms with van der Waals surface area (Å²) in [6.45, 7) is 10.3. The lowest BCUT2D eigenvalue weighted by molar-refractivity contribution is 0.112. The summed E-state index contributed by atoms with van der Waals surface area (Å²) in [4.78, 5) is 11.6. The number of unbranched alkanes of at least 4 members (excludes halogenated alkanes) is 1. The maximum atomic E-state index is 11.6. The van der Waals surface area contributed by atoms with Gasteiger partial charge in [-0.05, 0) is 50.8 Å². The number of aldehydes is 1. The first kappa shape index (κ1) is 18.1. The third-order valence-corrected chi connectivity index (χ3v) is 4.62. The number of hydrogen-bond acceptors (Lipinski definition) is 2. The number of phenolic OH excluding ortho intramolecular Hbond substituents is 1. The molecule has 24 heavy (non-hydrogen) atoms. The average Bonchev–Trinajstić information content (AvgIpc) is 2.94. The van der Waals surface area contributed by atoms with E-state index in [4.69, 9.17) is 0 Å². The molecule has 2 aromatic rings. The normalized spacial score (nSPS) is 13.3. The van der Waals surface area contributed by atoms with E-state index in [9.17, 15) is 9.90 Å². The molecule has 0 fully saturated rings. The summed E-state index contributed by atoms with van der Waals surface area (Å²) >= 11 is 0. The van der Waals surface area contributed by atoms with Crippen LogP contribution in [0.15, 0.2) is 18.3 Å². The Kier molecular flexibility index (Phi) is 5.66. The molecular formula is C21H27NO2. The lowest BCUT2D eigenvalue weighted by Crippen LogP contribution is -2.32. The average molecular weight is 325 g/mol. The fraction of sp³-hybridized carbons (Fsp3) is 0.381. The number of phenols is 1. The van der Waals surface area contributed by atoms with E-state index in [0.29, 0.717) is 5.56 Å². The van der Waals surface area contributed by atoms with E-state index in [-0.39, 0.29) is 5.75 Å². The summed E-state index contributed by atoms with van der Waals surface area (Å²) < 4.78 is 2.08. The Morgan fingerprint density at radius 3 is 2.54 bits per heavy atom. The number of hydrogen-bond donors (Lipinski definition) is 1. The topological polar surface area (TPSA) is 42.2 Å². The molecule has 128 valence electrons. The van der Waals surface area contributed by atoms with E-state index < -0.39 is 0 Å². The molecule has 0 unspecified atom stereocenters. The molecule has 0 saturated heterocycles. The number of nitrogens with zero attached hydrogens (tertiary/aromatic N) is 1. The quantitative estimate of drug-likeness (QED) is 0.850. The van der Waals surface area contributed by atoms with Crippen molar-refractivity contribution in [1.29, 1.82) is 0 Å². The molecule has 0 aliphatic rings. The van der Waals surface area contributed by atoms with Crippen LogP contribution < -0.4 is 10.6 Å². The second kappa shape index (κ2) is 7.52. The number of benzene rings is 1. The minimum atomic E-state index is 0.274. The molecule has 3 heteroatoms. The van der Waals surface area contributed by atoms with Crippen LogP contribution in [-0.4, -0.2) is 16.0 Å². The monoisotopic (exact) mass is 325 g/mol. The van der Waals surface area contributed by atoms with E-state index in [0.717, 1.165) is 52.9 Å². The molecule has 0 aliphatic carbocycles. The van der Waals surface area contributed by atoms with E-state index >= 15 is 0 Å². The highest BCUT2D eigenvalue weighted by molar-refractivity contribution is 5.76. The highest BCUT2D eigenvalue weighted by Crippen LogP contribution is 2.26. The van der Waals surface area contributed by atoms with Crippen LogP contribution in [0.25, 0.3) is 17.3 Å². The lowest BCUT2D eigenvalue weighted by Gasteiger charge is -2.14. The molecule has 1 aromatic heterocycles. The van der Waals surface area contributed by atoms with Gasteiger partial charge in [-0.15, -0.1) is 0 Å². The van der Waals surface area contributed by atoms with E-state index in [1.54, 1.807) is 6.07 Å². The van der Waals surface area contributed by atoms with E-state index in [1.807, 2.05) is 26.1 Å². The molecule has 0 aliphatic heterocycles. The first-order chi connectivity index (χ1) is 11.5. The van der Waals surface area contributed by atoms with Crippen LogP contribution in [0.5, 0.6) is 5.75 Å². The fourth-order valence-corrected chi connectivity index (χ4v) is 3.11. The van der Waals surface area contributed by atoms with Gasteiger partial charge in [0.1, 0.15) is 5.75 Å². The van der Waals surface area contributed by atoms with Crippen molar-refractivity contribution in [1.82, 2.24) is 4.57 Å². The van der Waals surface area contributed by atoms with Crippen molar-refractivity contribution in [3.05, 3.63) is 45.6 Å². The summed E-state index contributed by atoms with van der Waals surface area (Å²) in [5, 5.41) is 12.2. The minimum absolute atomic E-state index is 0.274. The van der Waals surface area contributed by atoms with Crippen LogP contribution in [0.1, 0.15) is 61.5 Å². The van der Waals surface area contributed by atoms with Gasteiger partial charge in [0.25, 0.3) is 0 Å². The van der Waals surface area contributed by atoms with Gasteiger partial charge < -0.3 is 9.67 Å². The SMILES string of the molecule is CCC/C=c1/c(C=O)cn(-c2c(C)ccc(O)c2C)c1=C(C)CC. The highest BCUT2D eigenvalue weighted by Gasteiger charge is 2.14. The number of aryl methyl sites for hydroxylation is 1. The van der Waals surface area contributed by atoms with Gasteiger partial charge in [0.05, 0.1) is 11.0 Å². The Labute approximate surface area is 143 Å². The van der Waals surface area contributed by atoms with E-state index in [2.05, 4.69) is 31.4 Å². The minimum Gasteiger partial charge on any atom is -0.508 e. The number of carbonyl (C=O) groups excluding carboxylic acids is 1. The van der Waals surface area contributed by atoms with Gasteiger partial charge in [0.2, 0.25) is 0 Å². The predicted molar refractivity (Wildman–Crippen MR) is 100 cm³/mol. The molecule has 1 aromatic carbocycles. The second-order valence-corrected chi connectivity index (χ2v) is 6.34. The zero-order valence-electron chi connectivity index (χ0n) is 15.3. The molecule has 1 N–H and O–H groups in total. The van der Waals surface area contributed by atoms with Crippen LogP contribution >= 0.6 is 0 Å². The maximum absolute atomic E-state index is 11.6. The van der Waals surface area contributed by atoms with E-state index in [1.165, 1.54) is 5.57 Å². The van der Waals surface area contributed by atoms with Crippen molar-refractivity contribution < 1.29 is 9.90 Å². The predicted octanol–water partition coefficient (Wildman–Crippen LogP) is 3.77. The van der Waals surface area contributed by atoms with Gasteiger partial charge in [-0.25, -0.2) is 0 Å². The first-order valence-corrected chi connectivity index (χ1v) is 8.62. The number of aromatic hydroxyl groups is 1. The van der Waals surface area contributed by atoms with Gasteiger partial charge in [-0.1, -0.05) is 32.4 Å². The highest BCUT2D eigenvalue weighted by atomic mass is 16.3. The Bertz CT molecular complexity index is 872. The Balaban J connectivity index is 3.00. The zero-order chi connectivity index (χ0) is 17.9. The third kappa shape index (κ3) is 3.16. The van der Waals surface area contributed by atoms with Gasteiger partial charge in [0, 0.05) is 22.5 Å². The largest absolute Gasteiger partial charge is 0.508 e. The van der Waals surface area contributed by atoms with Crippen LogP contribution in [0.4, 0.5) is 0 Å². The lowest BCUT2D eigenvalue weighted by atomic mass is 10.1. The molecule has 0 radical (unpaired) electrons. The number of rotatable bonds is 5. The smallest absolute Gasteiger partial charge is 0.152 e. The van der Waals surface area contributed by atoms with Crippen LogP contribution in [-0.2, 0) is 0 Å². The van der Waals surface area contributed by atoms with Crippen molar-refractivity contribution in [3.63, 3.8) is 0 Å². The standard InChI is InChI=1S/C21H27NO2/c1-6-8-9-18-17(13-23)12-22(21(18)14(3)7-2)20-15(4)10-11-19(24)16(20)5/h9-13,24H,6-8H2,1-5H3/b18-9-,21-14?. The second-order valence-electron chi connectivity index (χ2n) is 6.34. The van der Waals surface area contributed by atoms with Crippen molar-refractivity contribution >= 4 is 17.9 Å². The summed E-state index contributed by atoms with van der Waals surface area (Å²) in [6.07, 6.45) is 7.87. The van der Waals surface area contributed by atoms with Gasteiger partial charge in [-0.3, -0.25) is 4.79 Å². The summed E-state index contributed by atoms with van der Waals surface area (Å²) in [5.74, 6) is 0.274.